The first-order valence-electron chi connectivity index (χ1n) is 13.0. The van der Waals surface area contributed by atoms with Gasteiger partial charge in [0, 0.05) is 42.3 Å². The molecular weight excluding hydrogens is 517 g/mol. The summed E-state index contributed by atoms with van der Waals surface area (Å²) in [6.45, 7) is 6.13. The Bertz CT molecular complexity index is 1450. The maximum atomic E-state index is 14.3. The molecule has 0 aliphatic rings. The van der Waals surface area contributed by atoms with Gasteiger partial charge in [0.15, 0.2) is 17.3 Å². The predicted octanol–water partition coefficient (Wildman–Crippen LogP) is 3.47. The highest BCUT2D eigenvalue weighted by Crippen LogP contribution is 2.40. The Balaban J connectivity index is 1.68. The third kappa shape index (κ3) is 6.82. The fourth-order valence-electron chi connectivity index (χ4n) is 4.43. The molecule has 2 aromatic carbocycles. The highest BCUT2D eigenvalue weighted by atomic mass is 19.1. The van der Waals surface area contributed by atoms with E-state index in [1.54, 1.807) is 42.3 Å². The summed E-state index contributed by atoms with van der Waals surface area (Å²) in [6, 6.07) is 11.6. The number of nitrogens with one attached hydrogen (secondary N) is 1. The molecule has 0 unspecified atom stereocenters. The normalized spacial score (nSPS) is 11.4. The van der Waals surface area contributed by atoms with E-state index < -0.39 is 11.7 Å². The molecule has 0 saturated carbocycles. The Morgan fingerprint density at radius 1 is 1.15 bits per heavy atom. The van der Waals surface area contributed by atoms with Gasteiger partial charge in [-0.05, 0) is 44.5 Å². The lowest BCUT2D eigenvalue weighted by Gasteiger charge is -2.25. The summed E-state index contributed by atoms with van der Waals surface area (Å²) in [5.41, 5.74) is 6.90. The second-order valence-electron chi connectivity index (χ2n) is 9.48. The Labute approximate surface area is 231 Å². The number of hydrogen-bond acceptors (Lipinski definition) is 9. The van der Waals surface area contributed by atoms with E-state index in [1.807, 2.05) is 0 Å². The van der Waals surface area contributed by atoms with E-state index in [1.165, 1.54) is 18.5 Å². The number of benzene rings is 2. The molecule has 4 aromatic rings. The number of hydrogen-bond donors (Lipinski definition) is 3. The van der Waals surface area contributed by atoms with Crippen molar-refractivity contribution in [2.75, 3.05) is 38.3 Å². The van der Waals surface area contributed by atoms with Gasteiger partial charge in [-0.25, -0.2) is 14.4 Å². The topological polar surface area (TPSA) is 143 Å². The highest BCUT2D eigenvalue weighted by molar-refractivity contribution is 5.96. The van der Waals surface area contributed by atoms with Crippen molar-refractivity contribution in [1.82, 2.24) is 25.1 Å². The molecule has 4 rings (SSSR count). The van der Waals surface area contributed by atoms with Gasteiger partial charge in [0.05, 0.1) is 37.9 Å². The summed E-state index contributed by atoms with van der Waals surface area (Å²) in [4.78, 5) is 24.3. The number of aromatic nitrogens is 4. The molecule has 0 aliphatic carbocycles. The second-order valence-corrected chi connectivity index (χ2v) is 9.48. The van der Waals surface area contributed by atoms with Gasteiger partial charge in [-0.2, -0.15) is 5.10 Å². The Kier molecular flexibility index (Phi) is 9.46. The molecule has 0 fully saturated rings. The van der Waals surface area contributed by atoms with Crippen LogP contribution in [0.3, 0.4) is 0 Å². The lowest BCUT2D eigenvalue weighted by atomic mass is 10.1. The zero-order valence-corrected chi connectivity index (χ0v) is 22.8. The average molecular weight is 552 g/mol. The summed E-state index contributed by atoms with van der Waals surface area (Å²) in [6.07, 6.45) is 2.14. The Morgan fingerprint density at radius 2 is 1.98 bits per heavy atom. The quantitative estimate of drug-likeness (QED) is 0.201. The zero-order chi connectivity index (χ0) is 28.6. The number of primary amides is 1. The molecule has 11 nitrogen and oxygen atoms in total. The molecule has 0 aliphatic heterocycles. The summed E-state index contributed by atoms with van der Waals surface area (Å²) >= 11 is 0. The number of aliphatic hydroxyl groups is 1. The standard InChI is InChI=1S/C28H34FN7O4/c1-18(2)35(9-10-37)8-5-11-40-25-16-23-22(15-24(25)39-3)28(32-17-31-23)36(21-7-4-6-19(29)12-21)27-14-20(33-34-27)13-26(30)38/h4,6-7,12,14-18,37H,5,8-11,13H2,1-3H3,(H2,30,38)(H,33,34). The van der Waals surface area contributed by atoms with Crippen LogP contribution in [0.2, 0.25) is 0 Å². The van der Waals surface area contributed by atoms with Crippen molar-refractivity contribution in [2.45, 2.75) is 32.7 Å². The van der Waals surface area contributed by atoms with Crippen molar-refractivity contribution < 1.29 is 23.8 Å². The van der Waals surface area contributed by atoms with Crippen molar-refractivity contribution in [3.63, 3.8) is 0 Å². The largest absolute Gasteiger partial charge is 0.493 e. The number of methoxy groups -OCH3 is 1. The van der Waals surface area contributed by atoms with Crippen molar-refractivity contribution >= 4 is 34.1 Å². The molecule has 2 aromatic heterocycles. The third-order valence-electron chi connectivity index (χ3n) is 6.35. The van der Waals surface area contributed by atoms with Crippen molar-refractivity contribution in [3.8, 4) is 11.5 Å². The van der Waals surface area contributed by atoms with Crippen LogP contribution in [0.5, 0.6) is 11.5 Å². The fourth-order valence-corrected chi connectivity index (χ4v) is 4.43. The van der Waals surface area contributed by atoms with Crippen LogP contribution < -0.4 is 20.1 Å². The minimum atomic E-state index is -0.512. The van der Waals surface area contributed by atoms with E-state index in [4.69, 9.17) is 15.2 Å². The number of halogens is 1. The third-order valence-corrected chi connectivity index (χ3v) is 6.35. The number of fused-ring (bicyclic) bond motifs is 1. The summed E-state index contributed by atoms with van der Waals surface area (Å²) in [5, 5.41) is 17.1. The number of amides is 1. The number of rotatable bonds is 14. The smallest absolute Gasteiger partial charge is 0.223 e. The maximum absolute atomic E-state index is 14.3. The van der Waals surface area contributed by atoms with Crippen molar-refractivity contribution in [1.29, 1.82) is 0 Å². The monoisotopic (exact) mass is 551 g/mol. The van der Waals surface area contributed by atoms with E-state index in [0.717, 1.165) is 13.0 Å². The Morgan fingerprint density at radius 3 is 2.67 bits per heavy atom. The van der Waals surface area contributed by atoms with E-state index in [-0.39, 0.29) is 13.0 Å². The van der Waals surface area contributed by atoms with Crippen LogP contribution >= 0.6 is 0 Å². The number of aliphatic hydroxyl groups excluding tert-OH is 1. The van der Waals surface area contributed by atoms with Crippen molar-refractivity contribution in [3.05, 3.63) is 60.3 Å². The van der Waals surface area contributed by atoms with Crippen LogP contribution in [-0.2, 0) is 11.2 Å². The molecule has 4 N–H and O–H groups in total. The molecule has 40 heavy (non-hydrogen) atoms. The fraction of sp³-hybridized carbons (Fsp3) is 0.357. The first-order chi connectivity index (χ1) is 19.3. The van der Waals surface area contributed by atoms with Gasteiger partial charge in [0.1, 0.15) is 18.0 Å². The van der Waals surface area contributed by atoms with Crippen LogP contribution in [0, 0.1) is 5.82 Å². The van der Waals surface area contributed by atoms with E-state index >= 15 is 0 Å². The maximum Gasteiger partial charge on any atom is 0.223 e. The molecule has 2 heterocycles. The number of anilines is 3. The molecular formula is C28H34FN7O4. The second kappa shape index (κ2) is 13.2. The van der Waals surface area contributed by atoms with E-state index in [2.05, 4.69) is 38.9 Å². The predicted molar refractivity (Wildman–Crippen MR) is 150 cm³/mol. The van der Waals surface area contributed by atoms with Crippen molar-refractivity contribution in [2.24, 2.45) is 5.73 Å². The van der Waals surface area contributed by atoms with Gasteiger partial charge in [-0.1, -0.05) is 6.07 Å². The van der Waals surface area contributed by atoms with Gasteiger partial charge >= 0.3 is 0 Å². The van der Waals surface area contributed by atoms with Gasteiger partial charge in [0.25, 0.3) is 0 Å². The van der Waals surface area contributed by atoms with E-state index in [0.29, 0.717) is 64.6 Å². The number of aromatic amines is 1. The van der Waals surface area contributed by atoms with Crippen LogP contribution in [-0.4, -0.2) is 75.5 Å². The number of carbonyl (C=O) groups excluding carboxylic acids is 1. The number of H-pyrrole nitrogens is 1. The lowest BCUT2D eigenvalue weighted by molar-refractivity contribution is -0.117. The highest BCUT2D eigenvalue weighted by Gasteiger charge is 2.22. The molecule has 12 heteroatoms. The van der Waals surface area contributed by atoms with Crippen LogP contribution in [0.25, 0.3) is 10.9 Å². The van der Waals surface area contributed by atoms with Crippen LogP contribution in [0.4, 0.5) is 21.7 Å². The lowest BCUT2D eigenvalue weighted by Crippen LogP contribution is -2.34. The van der Waals surface area contributed by atoms with Gasteiger partial charge < -0.3 is 20.3 Å². The first kappa shape index (κ1) is 28.7. The summed E-state index contributed by atoms with van der Waals surface area (Å²) in [7, 11) is 1.55. The van der Waals surface area contributed by atoms with Gasteiger partial charge in [-0.15, -0.1) is 0 Å². The molecule has 0 atom stereocenters. The summed E-state index contributed by atoms with van der Waals surface area (Å²) < 4.78 is 26.0. The van der Waals surface area contributed by atoms with Gasteiger partial charge in [-0.3, -0.25) is 19.7 Å². The molecule has 0 spiro atoms. The SMILES string of the molecule is COc1cc2c(N(c3cccc(F)c3)c3cc(CC(N)=O)[nH]n3)ncnc2cc1OCCCN(CCO)C(C)C. The first-order valence-corrected chi connectivity index (χ1v) is 13.0. The molecule has 0 bridgehead atoms. The Hall–Kier alpha value is -4.29. The minimum absolute atomic E-state index is 0.0298. The zero-order valence-electron chi connectivity index (χ0n) is 22.8. The number of nitrogens with zero attached hydrogens (tertiary/aromatic N) is 5. The molecule has 0 saturated heterocycles. The molecule has 0 radical (unpaired) electrons. The number of ether oxygens (including phenoxy) is 2. The average Bonchev–Trinajstić information content (AvgIpc) is 3.37. The summed E-state index contributed by atoms with van der Waals surface area (Å²) in [5.74, 6) is 0.876. The number of carbonyl (C=O) groups is 1. The van der Waals surface area contributed by atoms with Gasteiger partial charge in [0.2, 0.25) is 5.91 Å². The van der Waals surface area contributed by atoms with E-state index in [9.17, 15) is 14.3 Å². The van der Waals surface area contributed by atoms with Crippen LogP contribution in [0.15, 0.2) is 48.8 Å². The number of nitrogens with two attached hydrogens (primary N) is 1. The minimum Gasteiger partial charge on any atom is -0.493 e. The molecule has 1 amide bonds. The van der Waals surface area contributed by atoms with Crippen LogP contribution in [0.1, 0.15) is 26.0 Å². The molecule has 212 valence electrons.